The fourth-order valence-electron chi connectivity index (χ4n) is 2.02. The molecule has 2 aromatic rings. The highest BCUT2D eigenvalue weighted by atomic mass is 32.1. The second-order valence-corrected chi connectivity index (χ2v) is 5.15. The molecule has 7 nitrogen and oxygen atoms in total. The summed E-state index contributed by atoms with van der Waals surface area (Å²) in [5, 5.41) is 15.7. The Morgan fingerprint density at radius 3 is 3.32 bits per heavy atom. The van der Waals surface area contributed by atoms with E-state index in [1.165, 1.54) is 22.3 Å². The van der Waals surface area contributed by atoms with Gasteiger partial charge in [-0.05, 0) is 34.7 Å². The maximum atomic E-state index is 12.1. The number of hydrogen-bond acceptors (Lipinski definition) is 6. The summed E-state index contributed by atoms with van der Waals surface area (Å²) in [6.07, 6.45) is 3.68. The van der Waals surface area contributed by atoms with Gasteiger partial charge in [0, 0.05) is 13.2 Å². The monoisotopic (exact) mass is 279 g/mol. The van der Waals surface area contributed by atoms with Gasteiger partial charge in [0.25, 0.3) is 5.91 Å². The second-order valence-electron chi connectivity index (χ2n) is 4.23. The van der Waals surface area contributed by atoms with Gasteiger partial charge in [-0.3, -0.25) is 4.79 Å². The zero-order valence-electron chi connectivity index (χ0n) is 10.2. The van der Waals surface area contributed by atoms with E-state index >= 15 is 0 Å². The van der Waals surface area contributed by atoms with Crippen LogP contribution in [0, 0.1) is 0 Å². The molecule has 0 aliphatic carbocycles. The van der Waals surface area contributed by atoms with Crippen LogP contribution in [0.2, 0.25) is 0 Å². The van der Waals surface area contributed by atoms with E-state index in [4.69, 9.17) is 4.74 Å². The number of carbonyl (C=O) groups excluding carboxylic acids is 1. The van der Waals surface area contributed by atoms with Crippen molar-refractivity contribution < 1.29 is 9.53 Å². The van der Waals surface area contributed by atoms with Gasteiger partial charge in [-0.15, -0.1) is 16.4 Å². The number of hydrogen-bond donors (Lipinski definition) is 1. The first-order valence-corrected chi connectivity index (χ1v) is 6.93. The number of carbonyl (C=O) groups is 1. The number of tetrazole rings is 1. The van der Waals surface area contributed by atoms with Crippen LogP contribution in [0.25, 0.3) is 5.69 Å². The smallest absolute Gasteiger partial charge is 0.263 e. The zero-order chi connectivity index (χ0) is 13.1. The van der Waals surface area contributed by atoms with E-state index in [1.54, 1.807) is 0 Å². The first-order valence-electron chi connectivity index (χ1n) is 6.05. The van der Waals surface area contributed by atoms with Crippen LogP contribution in [0.5, 0.6) is 0 Å². The first kappa shape index (κ1) is 12.2. The van der Waals surface area contributed by atoms with Crippen molar-refractivity contribution in [1.29, 1.82) is 0 Å². The summed E-state index contributed by atoms with van der Waals surface area (Å²) in [5.74, 6) is -0.115. The summed E-state index contributed by atoms with van der Waals surface area (Å²) in [5.41, 5.74) is 0.694. The average Bonchev–Trinajstić information content (AvgIpc) is 3.14. The Morgan fingerprint density at radius 2 is 2.58 bits per heavy atom. The Morgan fingerprint density at radius 1 is 1.63 bits per heavy atom. The van der Waals surface area contributed by atoms with Crippen LogP contribution in [0.1, 0.15) is 22.5 Å². The van der Waals surface area contributed by atoms with Crippen LogP contribution in [0.4, 0.5) is 0 Å². The Labute approximate surface area is 113 Å². The number of nitrogens with zero attached hydrogens (tertiary/aromatic N) is 4. The molecule has 0 spiro atoms. The van der Waals surface area contributed by atoms with Gasteiger partial charge in [-0.1, -0.05) is 0 Å². The maximum absolute atomic E-state index is 12.1. The average molecular weight is 279 g/mol. The number of amides is 1. The van der Waals surface area contributed by atoms with Crippen molar-refractivity contribution in [3.63, 3.8) is 0 Å². The lowest BCUT2D eigenvalue weighted by molar-refractivity contribution is 0.0861. The largest absolute Gasteiger partial charge is 0.376 e. The number of thiophene rings is 1. The molecule has 0 aromatic carbocycles. The van der Waals surface area contributed by atoms with Crippen LogP contribution in [0.3, 0.4) is 0 Å². The highest BCUT2D eigenvalue weighted by Crippen LogP contribution is 2.20. The van der Waals surface area contributed by atoms with Gasteiger partial charge in [0.15, 0.2) is 0 Å². The molecule has 1 atom stereocenters. The quantitative estimate of drug-likeness (QED) is 0.887. The molecule has 1 amide bonds. The zero-order valence-corrected chi connectivity index (χ0v) is 11.0. The molecule has 8 heteroatoms. The van der Waals surface area contributed by atoms with Crippen LogP contribution in [-0.4, -0.2) is 45.4 Å². The third kappa shape index (κ3) is 2.64. The lowest BCUT2D eigenvalue weighted by atomic mass is 10.2. The molecular weight excluding hydrogens is 266 g/mol. The van der Waals surface area contributed by atoms with E-state index < -0.39 is 0 Å². The summed E-state index contributed by atoms with van der Waals surface area (Å²) in [6.45, 7) is 1.33. The van der Waals surface area contributed by atoms with E-state index in [9.17, 15) is 4.79 Å². The molecule has 0 radical (unpaired) electrons. The topological polar surface area (TPSA) is 81.9 Å². The maximum Gasteiger partial charge on any atom is 0.263 e. The van der Waals surface area contributed by atoms with Gasteiger partial charge in [-0.25, -0.2) is 0 Å². The highest BCUT2D eigenvalue weighted by molar-refractivity contribution is 7.12. The molecule has 19 heavy (non-hydrogen) atoms. The van der Waals surface area contributed by atoms with Crippen molar-refractivity contribution >= 4 is 17.2 Å². The molecule has 1 N–H and O–H groups in total. The van der Waals surface area contributed by atoms with Gasteiger partial charge < -0.3 is 10.1 Å². The molecule has 0 saturated carbocycles. The SMILES string of the molecule is O=C(NC[C@@H]1CCCO1)c1sccc1-n1cnnn1. The van der Waals surface area contributed by atoms with E-state index in [2.05, 4.69) is 20.8 Å². The summed E-state index contributed by atoms with van der Waals surface area (Å²) in [6, 6.07) is 1.82. The molecule has 100 valence electrons. The fourth-order valence-corrected chi connectivity index (χ4v) is 2.81. The van der Waals surface area contributed by atoms with Gasteiger partial charge in [-0.2, -0.15) is 4.68 Å². The summed E-state index contributed by atoms with van der Waals surface area (Å²) < 4.78 is 6.96. The summed E-state index contributed by atoms with van der Waals surface area (Å²) in [4.78, 5) is 12.7. The fraction of sp³-hybridized carbons (Fsp3) is 0.455. The summed E-state index contributed by atoms with van der Waals surface area (Å²) in [7, 11) is 0. The van der Waals surface area contributed by atoms with E-state index in [0.717, 1.165) is 19.4 Å². The molecule has 3 heterocycles. The standard InChI is InChI=1S/C11H13N5O2S/c17-11(12-6-8-2-1-4-18-8)10-9(3-5-19-10)16-7-13-14-15-16/h3,5,7-8H,1-2,4,6H2,(H,12,17)/t8-/m0/s1. The predicted molar refractivity (Wildman–Crippen MR) is 68.3 cm³/mol. The van der Waals surface area contributed by atoms with Gasteiger partial charge >= 0.3 is 0 Å². The minimum atomic E-state index is -0.115. The first-order chi connectivity index (χ1) is 9.34. The van der Waals surface area contributed by atoms with Crippen molar-refractivity contribution in [3.8, 4) is 5.69 Å². The van der Waals surface area contributed by atoms with E-state index in [1.807, 2.05) is 11.4 Å². The van der Waals surface area contributed by atoms with Crippen LogP contribution in [-0.2, 0) is 4.74 Å². The number of ether oxygens (including phenoxy) is 1. The Kier molecular flexibility index (Phi) is 3.51. The van der Waals surface area contributed by atoms with Crippen molar-refractivity contribution in [2.24, 2.45) is 0 Å². The van der Waals surface area contributed by atoms with E-state index in [0.29, 0.717) is 17.1 Å². The van der Waals surface area contributed by atoms with Crippen molar-refractivity contribution in [1.82, 2.24) is 25.5 Å². The molecule has 0 bridgehead atoms. The molecule has 1 fully saturated rings. The molecule has 1 aliphatic heterocycles. The Bertz CT molecular complexity index is 547. The van der Waals surface area contributed by atoms with Crippen molar-refractivity contribution in [3.05, 3.63) is 22.7 Å². The number of aromatic nitrogens is 4. The number of nitrogens with one attached hydrogen (secondary N) is 1. The lowest BCUT2D eigenvalue weighted by Crippen LogP contribution is -2.31. The third-order valence-electron chi connectivity index (χ3n) is 2.96. The molecule has 1 saturated heterocycles. The van der Waals surface area contributed by atoms with E-state index in [-0.39, 0.29) is 12.0 Å². The Hall–Kier alpha value is -1.80. The van der Waals surface area contributed by atoms with Gasteiger partial charge in [0.1, 0.15) is 11.2 Å². The molecule has 3 rings (SSSR count). The minimum Gasteiger partial charge on any atom is -0.376 e. The van der Waals surface area contributed by atoms with Crippen LogP contribution >= 0.6 is 11.3 Å². The lowest BCUT2D eigenvalue weighted by Gasteiger charge is -2.10. The van der Waals surface area contributed by atoms with Crippen molar-refractivity contribution in [2.75, 3.05) is 13.2 Å². The minimum absolute atomic E-state index is 0.115. The normalized spacial score (nSPS) is 18.6. The molecule has 0 unspecified atom stereocenters. The molecule has 2 aromatic heterocycles. The molecule has 1 aliphatic rings. The second kappa shape index (κ2) is 5.45. The van der Waals surface area contributed by atoms with Crippen LogP contribution < -0.4 is 5.32 Å². The third-order valence-corrected chi connectivity index (χ3v) is 3.86. The Balaban J connectivity index is 1.68. The van der Waals surface area contributed by atoms with Gasteiger partial charge in [0.05, 0.1) is 11.8 Å². The molecular formula is C11H13N5O2S. The van der Waals surface area contributed by atoms with Crippen molar-refractivity contribution in [2.45, 2.75) is 18.9 Å². The highest BCUT2D eigenvalue weighted by Gasteiger charge is 2.19. The number of rotatable bonds is 4. The summed E-state index contributed by atoms with van der Waals surface area (Å²) >= 11 is 1.37. The predicted octanol–water partition coefficient (Wildman–Crippen LogP) is 0.633. The van der Waals surface area contributed by atoms with Crippen LogP contribution in [0.15, 0.2) is 17.8 Å². The van der Waals surface area contributed by atoms with Gasteiger partial charge in [0.2, 0.25) is 0 Å².